The minimum atomic E-state index is -2.37. The van der Waals surface area contributed by atoms with E-state index in [1.54, 1.807) is 35.8 Å². The van der Waals surface area contributed by atoms with Crippen molar-refractivity contribution in [1.29, 1.82) is 0 Å². The van der Waals surface area contributed by atoms with E-state index in [0.717, 1.165) is 0 Å². The van der Waals surface area contributed by atoms with E-state index in [0.29, 0.717) is 44.3 Å². The number of halogens is 2. The number of hydrogen-bond acceptors (Lipinski definition) is 8. The number of amides is 3. The fourth-order valence-electron chi connectivity index (χ4n) is 9.24. The van der Waals surface area contributed by atoms with Crippen LogP contribution in [0.15, 0.2) is 36.4 Å². The first-order chi connectivity index (χ1) is 32.7. The van der Waals surface area contributed by atoms with Crippen LogP contribution in [-0.2, 0) is 51.1 Å². The summed E-state index contributed by atoms with van der Waals surface area (Å²) < 4.78 is 87.3. The smallest absolute Gasteiger partial charge is 0.302 e. The largest absolute Gasteiger partial charge is 0.461 e. The monoisotopic (exact) mass is 894 g/mol. The van der Waals surface area contributed by atoms with Gasteiger partial charge in [-0.15, -0.1) is 0 Å². The van der Waals surface area contributed by atoms with Crippen LogP contribution in [0, 0.1) is 29.4 Å². The topological polar surface area (TPSA) is 171 Å². The Morgan fingerprint density at radius 1 is 0.734 bits per heavy atom. The average molecular weight is 894 g/mol. The third-order valence-corrected chi connectivity index (χ3v) is 12.8. The van der Waals surface area contributed by atoms with Crippen molar-refractivity contribution in [2.24, 2.45) is 17.8 Å². The zero-order chi connectivity index (χ0) is 51.6. The van der Waals surface area contributed by atoms with E-state index in [1.165, 1.54) is 52.0 Å². The van der Waals surface area contributed by atoms with Crippen LogP contribution >= 0.6 is 0 Å². The number of carbonyl (C=O) groups excluding carboxylic acids is 6. The van der Waals surface area contributed by atoms with Crippen molar-refractivity contribution in [2.45, 2.75) is 143 Å². The average Bonchev–Trinajstić information content (AvgIpc) is 4.02. The summed E-state index contributed by atoms with van der Waals surface area (Å²) in [7, 11) is 0. The number of H-pyrrole nitrogens is 2. The lowest BCUT2D eigenvalue weighted by Crippen LogP contribution is -2.51. The Balaban J connectivity index is 1.41. The minimum absolute atomic E-state index is 0.0126. The van der Waals surface area contributed by atoms with Gasteiger partial charge in [0, 0.05) is 93.0 Å². The van der Waals surface area contributed by atoms with Gasteiger partial charge in [0.25, 0.3) is 0 Å². The summed E-state index contributed by atoms with van der Waals surface area (Å²) in [5.41, 5.74) is 2.96. The molecule has 6 rings (SSSR count). The molecule has 4 heterocycles. The van der Waals surface area contributed by atoms with Gasteiger partial charge in [0.15, 0.2) is 0 Å². The second-order valence-electron chi connectivity index (χ2n) is 17.4. The van der Waals surface area contributed by atoms with Crippen LogP contribution in [0.5, 0.6) is 0 Å². The molecule has 0 unspecified atom stereocenters. The molecule has 2 aliphatic rings. The van der Waals surface area contributed by atoms with Crippen LogP contribution in [0.2, 0.25) is 0 Å². The highest BCUT2D eigenvalue weighted by Gasteiger charge is 2.43. The van der Waals surface area contributed by atoms with Crippen molar-refractivity contribution < 1.29 is 55.2 Å². The lowest BCUT2D eigenvalue weighted by molar-refractivity contribution is -0.147. The number of fused-ring (bicyclic) bond motifs is 2. The molecule has 346 valence electrons. The predicted molar refractivity (Wildman–Crippen MR) is 239 cm³/mol. The number of likely N-dealkylation sites (tertiary alicyclic amines) is 2. The zero-order valence-electron chi connectivity index (χ0n) is 43.3. The van der Waals surface area contributed by atoms with Crippen LogP contribution in [-0.4, -0.2) is 98.6 Å². The second-order valence-corrected chi connectivity index (χ2v) is 17.4. The summed E-state index contributed by atoms with van der Waals surface area (Å²) in [6.45, 7) is 4.30. The van der Waals surface area contributed by atoms with Crippen molar-refractivity contribution in [1.82, 2.24) is 25.1 Å². The van der Waals surface area contributed by atoms with Gasteiger partial charge < -0.3 is 34.6 Å². The standard InChI is InChI=1S/C49H63F2N5O8/c1-9-26(5)44(59)17-30(11-3)48(61)55-24-35(63-28(7)57)20-33(55)22-39-37-15-13-31(50)18-42(37)52-45(39)46-40(38-16-14-32(51)19-43(38)53-46)23-34-21-36(64-29(8)58)25-56(34)49(62)41(12-4)54-47(60)27(6)10-2/h13-16,18-19,26-27,30,33-36,41,52-53H,9-12,17,20-25H2,1-8H3,(H,54,60)/t26-,27-,30-,33+,34+,35+,36+,41+/m1/s1/i1D3,2D3. The summed E-state index contributed by atoms with van der Waals surface area (Å²) >= 11 is 0. The van der Waals surface area contributed by atoms with Crippen molar-refractivity contribution in [3.05, 3.63) is 59.2 Å². The Morgan fingerprint density at radius 3 is 1.67 bits per heavy atom. The maximum Gasteiger partial charge on any atom is 0.302 e. The number of nitrogens with zero attached hydrogens (tertiary/aromatic N) is 2. The number of aromatic amines is 2. The number of carbonyl (C=O) groups is 6. The van der Waals surface area contributed by atoms with E-state index in [9.17, 15) is 28.8 Å². The van der Waals surface area contributed by atoms with Crippen LogP contribution < -0.4 is 5.32 Å². The predicted octanol–water partition coefficient (Wildman–Crippen LogP) is 7.72. The highest BCUT2D eigenvalue weighted by molar-refractivity contribution is 5.97. The minimum Gasteiger partial charge on any atom is -0.461 e. The molecular weight excluding hydrogens is 825 g/mol. The Morgan fingerprint density at radius 2 is 1.22 bits per heavy atom. The molecule has 15 heteroatoms. The molecule has 8 atom stereocenters. The lowest BCUT2D eigenvalue weighted by atomic mass is 9.90. The molecule has 2 aromatic carbocycles. The molecule has 3 N–H and O–H groups in total. The van der Waals surface area contributed by atoms with Gasteiger partial charge in [-0.2, -0.15) is 0 Å². The van der Waals surface area contributed by atoms with Crippen LogP contribution in [0.4, 0.5) is 8.78 Å². The highest BCUT2D eigenvalue weighted by atomic mass is 19.1. The normalized spacial score (nSPS) is 22.4. The molecular formula is C49H63F2N5O8. The molecule has 0 bridgehead atoms. The Kier molecular flexibility index (Phi) is 12.8. The number of ketones is 1. The van der Waals surface area contributed by atoms with E-state index in [4.69, 9.17) is 17.7 Å². The number of rotatable bonds is 18. The first kappa shape index (κ1) is 40.0. The third kappa shape index (κ3) is 10.5. The summed E-state index contributed by atoms with van der Waals surface area (Å²) in [6, 6.07) is 6.11. The quantitative estimate of drug-likeness (QED) is 0.0853. The molecule has 4 aromatic rings. The van der Waals surface area contributed by atoms with Gasteiger partial charge in [0.2, 0.25) is 17.7 Å². The van der Waals surface area contributed by atoms with Crippen molar-refractivity contribution in [3.63, 3.8) is 0 Å². The number of Topliss-reactive ketones (excluding diaryl/α,β-unsaturated/α-hetero) is 1. The van der Waals surface area contributed by atoms with Gasteiger partial charge in [-0.1, -0.05) is 41.4 Å². The maximum atomic E-state index is 15.0. The molecule has 0 radical (unpaired) electrons. The first-order valence-electron chi connectivity index (χ1n) is 25.1. The zero-order valence-corrected chi connectivity index (χ0v) is 37.3. The molecule has 3 amide bonds. The van der Waals surface area contributed by atoms with Gasteiger partial charge in [0.1, 0.15) is 35.7 Å². The highest BCUT2D eigenvalue weighted by Crippen LogP contribution is 2.40. The van der Waals surface area contributed by atoms with E-state index in [2.05, 4.69) is 15.3 Å². The van der Waals surface area contributed by atoms with Crippen molar-refractivity contribution >= 4 is 57.2 Å². The molecule has 0 saturated carbocycles. The van der Waals surface area contributed by atoms with Crippen molar-refractivity contribution in [2.75, 3.05) is 13.1 Å². The second kappa shape index (κ2) is 20.5. The van der Waals surface area contributed by atoms with Gasteiger partial charge >= 0.3 is 11.9 Å². The van der Waals surface area contributed by atoms with E-state index >= 15 is 8.78 Å². The molecule has 2 fully saturated rings. The number of hydrogen-bond donors (Lipinski definition) is 3. The van der Waals surface area contributed by atoms with E-state index < -0.39 is 104 Å². The van der Waals surface area contributed by atoms with Crippen molar-refractivity contribution in [3.8, 4) is 11.4 Å². The molecule has 2 saturated heterocycles. The summed E-state index contributed by atoms with van der Waals surface area (Å²) in [5, 5.41) is 3.91. The molecule has 0 aliphatic carbocycles. The van der Waals surface area contributed by atoms with E-state index in [1.807, 2.05) is 0 Å². The fourth-order valence-corrected chi connectivity index (χ4v) is 9.24. The lowest BCUT2D eigenvalue weighted by Gasteiger charge is -2.29. The fraction of sp³-hybridized carbons (Fsp3) is 0.551. The maximum absolute atomic E-state index is 15.0. The molecule has 2 aliphatic heterocycles. The van der Waals surface area contributed by atoms with Crippen LogP contribution in [0.25, 0.3) is 33.2 Å². The van der Waals surface area contributed by atoms with Gasteiger partial charge in [-0.25, -0.2) is 8.78 Å². The molecule has 64 heavy (non-hydrogen) atoms. The summed E-state index contributed by atoms with van der Waals surface area (Å²) in [6.07, 6.45) is -1.26. The number of ether oxygens (including phenoxy) is 2. The summed E-state index contributed by atoms with van der Waals surface area (Å²) in [5.74, 6) is -6.54. The van der Waals surface area contributed by atoms with E-state index in [-0.39, 0.29) is 76.1 Å². The number of nitrogens with one attached hydrogen (secondary N) is 3. The van der Waals surface area contributed by atoms with Crippen LogP contribution in [0.3, 0.4) is 0 Å². The Bertz CT molecular complexity index is 2440. The molecule has 2 aromatic heterocycles. The van der Waals surface area contributed by atoms with Crippen LogP contribution in [0.1, 0.15) is 120 Å². The third-order valence-electron chi connectivity index (χ3n) is 12.8. The summed E-state index contributed by atoms with van der Waals surface area (Å²) in [4.78, 5) is 90.1. The molecule has 13 nitrogen and oxygen atoms in total. The Hall–Kier alpha value is -5.60. The SMILES string of the molecule is [2H]C([2H])([2H])C[C@@H](C)C(=O)C[C@@H](CC)C(=O)N1C[C@@H](OC(C)=O)C[C@H]1Cc1c(-c2[nH]c3cc(F)ccc3c2C[C@@H]2C[C@H](OC(C)=O)CN2C(=O)[C@H](CC)NC(=O)[C@H](C)CC([2H])([2H])[2H])[nH]c2cc(F)ccc12. The number of esters is 2. The number of aromatic nitrogens is 2. The number of benzene rings is 2. The van der Waals surface area contributed by atoms with Gasteiger partial charge in [-0.3, -0.25) is 28.8 Å². The van der Waals surface area contributed by atoms with Gasteiger partial charge in [-0.05, 0) is 86.1 Å². The van der Waals surface area contributed by atoms with Gasteiger partial charge in [0.05, 0.1) is 24.5 Å². The molecule has 0 spiro atoms. The Labute approximate surface area is 381 Å². The first-order valence-corrected chi connectivity index (χ1v) is 22.1.